The van der Waals surface area contributed by atoms with Crippen LogP contribution in [0.4, 0.5) is 11.4 Å². The first-order chi connectivity index (χ1) is 11.6. The van der Waals surface area contributed by atoms with Crippen LogP contribution in [0.1, 0.15) is 12.8 Å². The average Bonchev–Trinajstić information content (AvgIpc) is 2.56. The van der Waals surface area contributed by atoms with Gasteiger partial charge in [0, 0.05) is 39.3 Å². The summed E-state index contributed by atoms with van der Waals surface area (Å²) in [7, 11) is -0.729. The highest BCUT2D eigenvalue weighted by Crippen LogP contribution is 2.28. The molecule has 138 valence electrons. The largest absolute Gasteiger partial charge is 0.324 e. The fraction of sp³-hybridized carbons (Fsp3) is 0.500. The summed E-state index contributed by atoms with van der Waals surface area (Å²) < 4.78 is 26.8. The molecule has 11 heteroatoms. The molecule has 0 aromatic heterocycles. The topological polar surface area (TPSA) is 113 Å². The van der Waals surface area contributed by atoms with Crippen molar-refractivity contribution < 1.29 is 18.1 Å². The van der Waals surface area contributed by atoms with Crippen LogP contribution in [0.25, 0.3) is 0 Å². The van der Waals surface area contributed by atoms with Crippen LogP contribution in [-0.4, -0.2) is 55.0 Å². The van der Waals surface area contributed by atoms with E-state index >= 15 is 0 Å². The number of anilines is 1. The lowest BCUT2D eigenvalue weighted by atomic mass is 9.98. The summed E-state index contributed by atoms with van der Waals surface area (Å²) >= 11 is 5.98. The molecule has 1 amide bonds. The predicted molar refractivity (Wildman–Crippen MR) is 93.6 cm³/mol. The van der Waals surface area contributed by atoms with Crippen molar-refractivity contribution in [1.82, 2.24) is 8.61 Å². The van der Waals surface area contributed by atoms with Crippen molar-refractivity contribution in [3.8, 4) is 0 Å². The number of nitrogens with zero attached hydrogens (tertiary/aromatic N) is 3. The molecular formula is C14H19ClN4O5S. The zero-order chi connectivity index (χ0) is 18.8. The van der Waals surface area contributed by atoms with Crippen molar-refractivity contribution in [1.29, 1.82) is 0 Å². The van der Waals surface area contributed by atoms with E-state index in [9.17, 15) is 23.3 Å². The molecule has 1 aliphatic rings. The second-order valence-corrected chi connectivity index (χ2v) is 8.45. The number of nitrogens with one attached hydrogen (secondary N) is 1. The van der Waals surface area contributed by atoms with Crippen molar-refractivity contribution in [2.45, 2.75) is 12.8 Å². The van der Waals surface area contributed by atoms with Gasteiger partial charge in [0.2, 0.25) is 5.91 Å². The van der Waals surface area contributed by atoms with Crippen molar-refractivity contribution in [2.24, 2.45) is 5.92 Å². The van der Waals surface area contributed by atoms with Crippen molar-refractivity contribution in [2.75, 3.05) is 32.5 Å². The van der Waals surface area contributed by atoms with Crippen molar-refractivity contribution in [3.63, 3.8) is 0 Å². The Morgan fingerprint density at radius 2 is 2.12 bits per heavy atom. The second kappa shape index (κ2) is 7.65. The van der Waals surface area contributed by atoms with Gasteiger partial charge in [0.05, 0.1) is 21.6 Å². The highest BCUT2D eigenvalue weighted by Gasteiger charge is 2.33. The number of nitro benzene ring substituents is 1. The van der Waals surface area contributed by atoms with Gasteiger partial charge in [-0.2, -0.15) is 17.0 Å². The Balaban J connectivity index is 2.13. The van der Waals surface area contributed by atoms with Crippen molar-refractivity contribution >= 4 is 39.1 Å². The summed E-state index contributed by atoms with van der Waals surface area (Å²) in [5, 5.41) is 13.6. The zero-order valence-electron chi connectivity index (χ0n) is 13.8. The molecule has 0 spiro atoms. The molecule has 1 aromatic carbocycles. The molecule has 9 nitrogen and oxygen atoms in total. The Morgan fingerprint density at radius 3 is 2.72 bits per heavy atom. The Morgan fingerprint density at radius 1 is 1.44 bits per heavy atom. The summed E-state index contributed by atoms with van der Waals surface area (Å²) in [5.74, 6) is -0.972. The molecule has 1 atom stereocenters. The lowest BCUT2D eigenvalue weighted by Gasteiger charge is -2.32. The SMILES string of the molecule is CN(C)S(=O)(=O)N1CCCC(C(=O)Nc2cc([N+](=O)[O-])ccc2Cl)C1. The van der Waals surface area contributed by atoms with E-state index in [4.69, 9.17) is 11.6 Å². The van der Waals surface area contributed by atoms with Crippen LogP contribution in [0.15, 0.2) is 18.2 Å². The van der Waals surface area contributed by atoms with Crippen LogP contribution in [-0.2, 0) is 15.0 Å². The van der Waals surface area contributed by atoms with Gasteiger partial charge in [-0.15, -0.1) is 0 Å². The molecule has 1 heterocycles. The summed E-state index contributed by atoms with van der Waals surface area (Å²) in [5.41, 5.74) is -0.0615. The molecule has 25 heavy (non-hydrogen) atoms. The molecule has 1 unspecified atom stereocenters. The highest BCUT2D eigenvalue weighted by molar-refractivity contribution is 7.86. The third kappa shape index (κ3) is 4.46. The molecule has 0 bridgehead atoms. The summed E-state index contributed by atoms with van der Waals surface area (Å²) in [6, 6.07) is 3.75. The van der Waals surface area contributed by atoms with E-state index in [1.807, 2.05) is 0 Å². The Labute approximate surface area is 150 Å². The number of halogens is 1. The average molecular weight is 391 g/mol. The smallest absolute Gasteiger partial charge is 0.281 e. The number of nitro groups is 1. The molecular weight excluding hydrogens is 372 g/mol. The fourth-order valence-electron chi connectivity index (χ4n) is 2.55. The normalized spacial score (nSPS) is 19.0. The number of non-ortho nitro benzene ring substituents is 1. The first-order valence-electron chi connectivity index (χ1n) is 7.55. The number of rotatable bonds is 5. The molecule has 2 rings (SSSR count). The maximum Gasteiger partial charge on any atom is 0.281 e. The van der Waals surface area contributed by atoms with Gasteiger partial charge >= 0.3 is 0 Å². The van der Waals surface area contributed by atoms with Crippen LogP contribution < -0.4 is 5.32 Å². The third-order valence-electron chi connectivity index (χ3n) is 3.96. The fourth-order valence-corrected chi connectivity index (χ4v) is 3.91. The Hall–Kier alpha value is -1.75. The minimum Gasteiger partial charge on any atom is -0.324 e. The summed E-state index contributed by atoms with van der Waals surface area (Å²) in [6.07, 6.45) is 1.08. The predicted octanol–water partition coefficient (Wildman–Crippen LogP) is 1.71. The zero-order valence-corrected chi connectivity index (χ0v) is 15.4. The molecule has 0 aliphatic carbocycles. The number of piperidine rings is 1. The molecule has 1 N–H and O–H groups in total. The van der Waals surface area contributed by atoms with Gasteiger partial charge in [0.1, 0.15) is 0 Å². The second-order valence-electron chi connectivity index (χ2n) is 5.90. The molecule has 0 saturated carbocycles. The number of hydrogen-bond acceptors (Lipinski definition) is 5. The Bertz CT molecular complexity index is 783. The molecule has 1 saturated heterocycles. The van der Waals surface area contributed by atoms with Gasteiger partial charge in [-0.05, 0) is 18.9 Å². The first kappa shape index (κ1) is 19.6. The summed E-state index contributed by atoms with van der Waals surface area (Å²) in [6.45, 7) is 0.404. The van der Waals surface area contributed by atoms with E-state index in [0.717, 1.165) is 4.31 Å². The van der Waals surface area contributed by atoms with Gasteiger partial charge in [0.25, 0.3) is 15.9 Å². The first-order valence-corrected chi connectivity index (χ1v) is 9.33. The number of hydrogen-bond donors (Lipinski definition) is 1. The third-order valence-corrected chi connectivity index (χ3v) is 6.20. The minimum absolute atomic E-state index is 0.0545. The van der Waals surface area contributed by atoms with Crippen LogP contribution in [0.2, 0.25) is 5.02 Å². The van der Waals surface area contributed by atoms with Crippen LogP contribution in [0.3, 0.4) is 0 Å². The van der Waals surface area contributed by atoms with Gasteiger partial charge in [-0.3, -0.25) is 14.9 Å². The van der Waals surface area contributed by atoms with E-state index in [2.05, 4.69) is 5.32 Å². The lowest BCUT2D eigenvalue weighted by molar-refractivity contribution is -0.384. The van der Waals surface area contributed by atoms with Crippen LogP contribution >= 0.6 is 11.6 Å². The molecule has 0 radical (unpaired) electrons. The lowest BCUT2D eigenvalue weighted by Crippen LogP contribution is -2.47. The maximum atomic E-state index is 12.5. The number of carbonyl (C=O) groups excluding carboxylic acids is 1. The van der Waals surface area contributed by atoms with Crippen molar-refractivity contribution in [3.05, 3.63) is 33.3 Å². The maximum absolute atomic E-state index is 12.5. The van der Waals surface area contributed by atoms with Gasteiger partial charge in [-0.1, -0.05) is 11.6 Å². The van der Waals surface area contributed by atoms with E-state index in [1.54, 1.807) is 0 Å². The standard InChI is InChI=1S/C14H19ClN4O5S/c1-17(2)25(23,24)18-7-3-4-10(9-18)14(20)16-13-8-11(19(21)22)5-6-12(13)15/h5-6,8,10H,3-4,7,9H2,1-2H3,(H,16,20). The number of benzene rings is 1. The van der Waals surface area contributed by atoms with Crippen LogP contribution in [0.5, 0.6) is 0 Å². The number of carbonyl (C=O) groups is 1. The molecule has 1 fully saturated rings. The number of amides is 1. The summed E-state index contributed by atoms with van der Waals surface area (Å²) in [4.78, 5) is 22.7. The Kier molecular flexibility index (Phi) is 5.99. The van der Waals surface area contributed by atoms with Gasteiger partial charge in [0.15, 0.2) is 0 Å². The van der Waals surface area contributed by atoms with Gasteiger partial charge in [-0.25, -0.2) is 0 Å². The molecule has 1 aliphatic heterocycles. The van der Waals surface area contributed by atoms with E-state index in [-0.39, 0.29) is 22.9 Å². The molecule has 1 aromatic rings. The van der Waals surface area contributed by atoms with E-state index < -0.39 is 27.0 Å². The quantitative estimate of drug-likeness (QED) is 0.607. The monoisotopic (exact) mass is 390 g/mol. The van der Waals surface area contributed by atoms with E-state index in [0.29, 0.717) is 19.4 Å². The minimum atomic E-state index is -3.59. The van der Waals surface area contributed by atoms with Crippen LogP contribution in [0, 0.1) is 16.0 Å². The highest BCUT2D eigenvalue weighted by atomic mass is 35.5. The van der Waals surface area contributed by atoms with E-state index in [1.165, 1.54) is 36.6 Å². The van der Waals surface area contributed by atoms with Gasteiger partial charge < -0.3 is 5.32 Å².